The van der Waals surface area contributed by atoms with Gasteiger partial charge in [0.25, 0.3) is 5.69 Å². The quantitative estimate of drug-likeness (QED) is 0.612. The molecule has 20 heavy (non-hydrogen) atoms. The van der Waals surface area contributed by atoms with Crippen molar-refractivity contribution in [1.82, 2.24) is 0 Å². The van der Waals surface area contributed by atoms with Crippen LogP contribution in [0.2, 0.25) is 0 Å². The Bertz CT molecular complexity index is 593. The molecule has 1 heterocycles. The smallest absolute Gasteiger partial charge is 0.283 e. The minimum absolute atomic E-state index is 0.0190. The number of nitrogens with zero attached hydrogens (tertiary/aromatic N) is 2. The van der Waals surface area contributed by atoms with Gasteiger partial charge in [-0.2, -0.15) is 0 Å². The highest BCUT2D eigenvalue weighted by Gasteiger charge is 2.32. The summed E-state index contributed by atoms with van der Waals surface area (Å²) in [6.07, 6.45) is 0.304. The molecule has 0 radical (unpaired) electrons. The van der Waals surface area contributed by atoms with Gasteiger partial charge in [-0.1, -0.05) is 11.8 Å². The highest BCUT2D eigenvalue weighted by atomic mass is 79.9. The first-order chi connectivity index (χ1) is 9.38. The molecule has 1 aliphatic heterocycles. The van der Waals surface area contributed by atoms with E-state index in [4.69, 9.17) is 0 Å². The molecule has 0 saturated carbocycles. The second kappa shape index (κ2) is 5.92. The van der Waals surface area contributed by atoms with E-state index < -0.39 is 4.92 Å². The van der Waals surface area contributed by atoms with Crippen molar-refractivity contribution in [3.05, 3.63) is 32.8 Å². The molecule has 0 aliphatic carbocycles. The van der Waals surface area contributed by atoms with Crippen molar-refractivity contribution in [3.8, 4) is 0 Å². The van der Waals surface area contributed by atoms with Gasteiger partial charge in [0.05, 0.1) is 9.40 Å². The van der Waals surface area contributed by atoms with E-state index in [1.165, 1.54) is 13.0 Å². The molecule has 1 fully saturated rings. The highest BCUT2D eigenvalue weighted by molar-refractivity contribution is 9.10. The molecule has 0 aromatic heterocycles. The van der Waals surface area contributed by atoms with Crippen LogP contribution in [-0.4, -0.2) is 27.7 Å². The molecule has 1 saturated heterocycles. The second-order valence-electron chi connectivity index (χ2n) is 4.33. The topological polar surface area (TPSA) is 80.5 Å². The lowest BCUT2D eigenvalue weighted by Gasteiger charge is -2.16. The zero-order valence-electron chi connectivity index (χ0n) is 10.5. The third kappa shape index (κ3) is 3.18. The van der Waals surface area contributed by atoms with E-state index in [0.717, 1.165) is 11.8 Å². The standard InChI is InChI=1S/C12H11BrN2O4S/c1-7(16)20-9-5-12(17)14(6-9)8-2-3-11(15(18)19)10(13)4-8/h2-4,9H,5-6H2,1H3. The van der Waals surface area contributed by atoms with Gasteiger partial charge >= 0.3 is 0 Å². The number of benzene rings is 1. The highest BCUT2D eigenvalue weighted by Crippen LogP contribution is 2.33. The SMILES string of the molecule is CC(=O)SC1CC(=O)N(c2ccc([N+](=O)[O-])c(Br)c2)C1. The fourth-order valence-corrected chi connectivity index (χ4v) is 3.48. The number of anilines is 1. The Morgan fingerprint density at radius 3 is 2.80 bits per heavy atom. The van der Waals surface area contributed by atoms with Crippen LogP contribution in [0.3, 0.4) is 0 Å². The zero-order valence-corrected chi connectivity index (χ0v) is 12.9. The van der Waals surface area contributed by atoms with Crippen molar-refractivity contribution in [3.63, 3.8) is 0 Å². The predicted octanol–water partition coefficient (Wildman–Crippen LogP) is 2.74. The minimum Gasteiger partial charge on any atom is -0.311 e. The molecule has 1 aliphatic rings. The summed E-state index contributed by atoms with van der Waals surface area (Å²) < 4.78 is 0.329. The van der Waals surface area contributed by atoms with E-state index in [1.54, 1.807) is 17.0 Å². The maximum absolute atomic E-state index is 11.9. The fraction of sp³-hybridized carbons (Fsp3) is 0.333. The molecule has 8 heteroatoms. The summed E-state index contributed by atoms with van der Waals surface area (Å²) in [7, 11) is 0. The van der Waals surface area contributed by atoms with E-state index in [2.05, 4.69) is 15.9 Å². The minimum atomic E-state index is -0.492. The lowest BCUT2D eigenvalue weighted by atomic mass is 10.2. The van der Waals surface area contributed by atoms with Crippen molar-refractivity contribution < 1.29 is 14.5 Å². The second-order valence-corrected chi connectivity index (χ2v) is 6.66. The van der Waals surface area contributed by atoms with Gasteiger partial charge in [-0.05, 0) is 28.1 Å². The van der Waals surface area contributed by atoms with Crippen LogP contribution in [0.4, 0.5) is 11.4 Å². The van der Waals surface area contributed by atoms with E-state index in [-0.39, 0.29) is 22.0 Å². The first kappa shape index (κ1) is 15.0. The van der Waals surface area contributed by atoms with Gasteiger partial charge in [0, 0.05) is 36.9 Å². The van der Waals surface area contributed by atoms with Crippen LogP contribution in [0, 0.1) is 10.1 Å². The number of nitro benzene ring substituents is 1. The van der Waals surface area contributed by atoms with Crippen molar-refractivity contribution in [2.45, 2.75) is 18.6 Å². The first-order valence-corrected chi connectivity index (χ1v) is 7.47. The molecule has 0 bridgehead atoms. The third-order valence-electron chi connectivity index (χ3n) is 2.86. The van der Waals surface area contributed by atoms with E-state index in [9.17, 15) is 19.7 Å². The number of halogens is 1. The Morgan fingerprint density at radius 2 is 2.25 bits per heavy atom. The summed E-state index contributed by atoms with van der Waals surface area (Å²) in [6, 6.07) is 4.45. The van der Waals surface area contributed by atoms with Gasteiger partial charge in [-0.3, -0.25) is 19.7 Å². The molecule has 2 rings (SSSR count). The molecule has 6 nitrogen and oxygen atoms in total. The van der Waals surface area contributed by atoms with E-state index in [1.807, 2.05) is 0 Å². The first-order valence-electron chi connectivity index (χ1n) is 5.80. The maximum Gasteiger partial charge on any atom is 0.283 e. The number of thioether (sulfide) groups is 1. The van der Waals surface area contributed by atoms with Crippen LogP contribution in [0.1, 0.15) is 13.3 Å². The van der Waals surface area contributed by atoms with Crippen molar-refractivity contribution in [2.24, 2.45) is 0 Å². The lowest BCUT2D eigenvalue weighted by Crippen LogP contribution is -2.24. The number of rotatable bonds is 3. The molecule has 1 unspecified atom stereocenters. The zero-order chi connectivity index (χ0) is 14.9. The molecular formula is C12H11BrN2O4S. The molecule has 1 amide bonds. The molecule has 1 aromatic carbocycles. The van der Waals surface area contributed by atoms with Crippen LogP contribution in [0.25, 0.3) is 0 Å². The summed E-state index contributed by atoms with van der Waals surface area (Å²) in [5, 5.41) is 10.7. The average Bonchev–Trinajstić information content (AvgIpc) is 2.68. The van der Waals surface area contributed by atoms with Gasteiger partial charge in [-0.25, -0.2) is 0 Å². The monoisotopic (exact) mass is 358 g/mol. The molecule has 1 atom stereocenters. The third-order valence-corrected chi connectivity index (χ3v) is 4.48. The van der Waals surface area contributed by atoms with Crippen LogP contribution >= 0.6 is 27.7 Å². The number of amides is 1. The van der Waals surface area contributed by atoms with E-state index in [0.29, 0.717) is 23.1 Å². The Kier molecular flexibility index (Phi) is 4.44. The maximum atomic E-state index is 11.9. The van der Waals surface area contributed by atoms with Crippen molar-refractivity contribution in [1.29, 1.82) is 0 Å². The predicted molar refractivity (Wildman–Crippen MR) is 79.8 cm³/mol. The van der Waals surface area contributed by atoms with Crippen LogP contribution in [-0.2, 0) is 9.59 Å². The molecule has 1 aromatic rings. The summed E-state index contributed by atoms with van der Waals surface area (Å²) in [4.78, 5) is 34.8. The Labute approximate surface area is 127 Å². The summed E-state index contributed by atoms with van der Waals surface area (Å²) in [5.41, 5.74) is 0.550. The largest absolute Gasteiger partial charge is 0.311 e. The number of carbonyl (C=O) groups excluding carboxylic acids is 2. The summed E-state index contributed by atoms with van der Waals surface area (Å²) >= 11 is 4.29. The summed E-state index contributed by atoms with van der Waals surface area (Å²) in [6.45, 7) is 1.91. The lowest BCUT2D eigenvalue weighted by molar-refractivity contribution is -0.385. The van der Waals surface area contributed by atoms with Crippen molar-refractivity contribution in [2.75, 3.05) is 11.4 Å². The van der Waals surface area contributed by atoms with Crippen LogP contribution in [0.5, 0.6) is 0 Å². The molecular weight excluding hydrogens is 348 g/mol. The fourth-order valence-electron chi connectivity index (χ4n) is 2.05. The molecule has 0 spiro atoms. The van der Waals surface area contributed by atoms with Crippen LogP contribution in [0.15, 0.2) is 22.7 Å². The molecule has 106 valence electrons. The van der Waals surface area contributed by atoms with Gasteiger partial charge in [-0.15, -0.1) is 0 Å². The summed E-state index contributed by atoms with van der Waals surface area (Å²) in [5.74, 6) is -0.0792. The van der Waals surface area contributed by atoms with Gasteiger partial charge in [0.1, 0.15) is 0 Å². The molecule has 0 N–H and O–H groups in total. The number of nitro groups is 1. The number of carbonyl (C=O) groups is 2. The number of hydrogen-bond acceptors (Lipinski definition) is 5. The van der Waals surface area contributed by atoms with Gasteiger partial charge < -0.3 is 4.90 Å². The van der Waals surface area contributed by atoms with Gasteiger partial charge in [0.15, 0.2) is 5.12 Å². The normalized spacial score (nSPS) is 18.4. The Hall–Kier alpha value is -1.41. The Morgan fingerprint density at radius 1 is 1.55 bits per heavy atom. The Balaban J connectivity index is 2.20. The van der Waals surface area contributed by atoms with Crippen LogP contribution < -0.4 is 4.90 Å². The number of hydrogen-bond donors (Lipinski definition) is 0. The van der Waals surface area contributed by atoms with Crippen molar-refractivity contribution >= 4 is 50.1 Å². The van der Waals surface area contributed by atoms with E-state index >= 15 is 0 Å². The average molecular weight is 359 g/mol. The van der Waals surface area contributed by atoms with Gasteiger partial charge in [0.2, 0.25) is 5.91 Å².